The van der Waals surface area contributed by atoms with E-state index in [4.69, 9.17) is 9.47 Å². The maximum absolute atomic E-state index is 12.8. The average Bonchev–Trinajstić information content (AvgIpc) is 3.46. The standard InChI is InChI=1S/C24H33N5O3/c1-26-15-20(14-25-26)5-7-24(30)29-8-2-3-21(17-29)28-11-9-27(10-12-28)16-19-4-6-22-23(13-19)32-18-31-22/h4,6,13-15,21H,2-3,5,7-12,16-18H2,1H3/t21-/m0/s1. The molecule has 3 aliphatic heterocycles. The number of hydrogen-bond acceptors (Lipinski definition) is 6. The molecule has 0 N–H and O–H groups in total. The molecule has 0 radical (unpaired) electrons. The zero-order valence-corrected chi connectivity index (χ0v) is 18.9. The Labute approximate surface area is 189 Å². The molecule has 1 atom stereocenters. The lowest BCUT2D eigenvalue weighted by molar-refractivity contribution is -0.133. The van der Waals surface area contributed by atoms with Gasteiger partial charge >= 0.3 is 0 Å². The van der Waals surface area contributed by atoms with E-state index in [9.17, 15) is 4.79 Å². The fraction of sp³-hybridized carbons (Fsp3) is 0.583. The summed E-state index contributed by atoms with van der Waals surface area (Å²) in [5, 5.41) is 4.20. The molecule has 5 rings (SSSR count). The molecule has 4 heterocycles. The molecule has 8 nitrogen and oxygen atoms in total. The van der Waals surface area contributed by atoms with Crippen LogP contribution in [0.1, 0.15) is 30.4 Å². The van der Waals surface area contributed by atoms with Crippen molar-refractivity contribution in [3.8, 4) is 11.5 Å². The number of benzene rings is 1. The Hall–Kier alpha value is -2.58. The molecule has 8 heteroatoms. The van der Waals surface area contributed by atoms with Crippen molar-refractivity contribution in [1.82, 2.24) is 24.5 Å². The molecule has 0 aliphatic carbocycles. The zero-order valence-electron chi connectivity index (χ0n) is 18.9. The van der Waals surface area contributed by atoms with E-state index in [1.165, 1.54) is 12.0 Å². The van der Waals surface area contributed by atoms with Crippen LogP contribution in [0, 0.1) is 0 Å². The fourth-order valence-corrected chi connectivity index (χ4v) is 5.07. The van der Waals surface area contributed by atoms with Gasteiger partial charge < -0.3 is 14.4 Å². The topological polar surface area (TPSA) is 63.1 Å². The third-order valence-electron chi connectivity index (χ3n) is 6.90. The quantitative estimate of drug-likeness (QED) is 0.685. The van der Waals surface area contributed by atoms with Gasteiger partial charge in [0.1, 0.15) is 0 Å². The summed E-state index contributed by atoms with van der Waals surface area (Å²) in [4.78, 5) is 20.0. The van der Waals surface area contributed by atoms with Crippen LogP contribution in [-0.2, 0) is 24.8 Å². The normalized spacial score (nSPS) is 21.8. The second-order valence-corrected chi connectivity index (χ2v) is 9.16. The number of piperidine rings is 1. The van der Waals surface area contributed by atoms with Crippen LogP contribution in [0.5, 0.6) is 11.5 Å². The van der Waals surface area contributed by atoms with E-state index >= 15 is 0 Å². The predicted molar refractivity (Wildman–Crippen MR) is 121 cm³/mol. The summed E-state index contributed by atoms with van der Waals surface area (Å²) in [6.45, 7) is 7.26. The van der Waals surface area contributed by atoms with Gasteiger partial charge in [-0.3, -0.25) is 19.3 Å². The first-order valence-electron chi connectivity index (χ1n) is 11.7. The lowest BCUT2D eigenvalue weighted by Crippen LogP contribution is -2.55. The van der Waals surface area contributed by atoms with Crippen LogP contribution in [0.4, 0.5) is 0 Å². The van der Waals surface area contributed by atoms with Gasteiger partial charge in [-0.15, -0.1) is 0 Å². The van der Waals surface area contributed by atoms with E-state index in [2.05, 4.69) is 31.9 Å². The number of aryl methyl sites for hydroxylation is 2. The van der Waals surface area contributed by atoms with Gasteiger partial charge in [0.05, 0.1) is 6.20 Å². The lowest BCUT2D eigenvalue weighted by atomic mass is 10.0. The molecule has 2 saturated heterocycles. The second-order valence-electron chi connectivity index (χ2n) is 9.16. The number of carbonyl (C=O) groups excluding carboxylic acids is 1. The zero-order chi connectivity index (χ0) is 21.9. The monoisotopic (exact) mass is 439 g/mol. The molecule has 2 aromatic rings. The van der Waals surface area contributed by atoms with Gasteiger partial charge in [0.2, 0.25) is 12.7 Å². The minimum Gasteiger partial charge on any atom is -0.454 e. The minimum absolute atomic E-state index is 0.278. The number of ether oxygens (including phenoxy) is 2. The van der Waals surface area contributed by atoms with Crippen molar-refractivity contribution in [2.75, 3.05) is 46.1 Å². The molecular formula is C24H33N5O3. The lowest BCUT2D eigenvalue weighted by Gasteiger charge is -2.43. The van der Waals surface area contributed by atoms with E-state index in [1.54, 1.807) is 4.68 Å². The molecule has 172 valence electrons. The molecule has 2 fully saturated rings. The third kappa shape index (κ3) is 4.91. The van der Waals surface area contributed by atoms with Crippen LogP contribution in [0.25, 0.3) is 0 Å². The molecule has 1 aromatic carbocycles. The Morgan fingerprint density at radius 2 is 1.94 bits per heavy atom. The van der Waals surface area contributed by atoms with E-state index in [-0.39, 0.29) is 5.91 Å². The van der Waals surface area contributed by atoms with Crippen LogP contribution < -0.4 is 9.47 Å². The Kier molecular flexibility index (Phi) is 6.32. The second kappa shape index (κ2) is 9.50. The fourth-order valence-electron chi connectivity index (χ4n) is 5.07. The van der Waals surface area contributed by atoms with Crippen LogP contribution in [0.3, 0.4) is 0 Å². The highest BCUT2D eigenvalue weighted by atomic mass is 16.7. The van der Waals surface area contributed by atoms with Gasteiger partial charge in [-0.05, 0) is 42.5 Å². The van der Waals surface area contributed by atoms with Crippen molar-refractivity contribution in [2.45, 2.75) is 38.3 Å². The maximum atomic E-state index is 12.8. The smallest absolute Gasteiger partial charge is 0.231 e. The van der Waals surface area contributed by atoms with Crippen molar-refractivity contribution < 1.29 is 14.3 Å². The van der Waals surface area contributed by atoms with Crippen molar-refractivity contribution in [2.24, 2.45) is 7.05 Å². The molecule has 3 aliphatic rings. The highest BCUT2D eigenvalue weighted by Crippen LogP contribution is 2.33. The van der Waals surface area contributed by atoms with E-state index in [1.807, 2.05) is 25.5 Å². The van der Waals surface area contributed by atoms with E-state index < -0.39 is 0 Å². The summed E-state index contributed by atoms with van der Waals surface area (Å²) in [6, 6.07) is 6.73. The number of amides is 1. The highest BCUT2D eigenvalue weighted by Gasteiger charge is 2.30. The van der Waals surface area contributed by atoms with Gasteiger partial charge in [-0.1, -0.05) is 6.07 Å². The molecule has 1 aromatic heterocycles. The molecule has 0 bridgehead atoms. The minimum atomic E-state index is 0.278. The van der Waals surface area contributed by atoms with Crippen LogP contribution in [0.2, 0.25) is 0 Å². The van der Waals surface area contributed by atoms with E-state index in [0.717, 1.165) is 75.7 Å². The number of carbonyl (C=O) groups is 1. The summed E-state index contributed by atoms with van der Waals surface area (Å²) < 4.78 is 12.7. The Morgan fingerprint density at radius 3 is 2.75 bits per heavy atom. The molecular weight excluding hydrogens is 406 g/mol. The highest BCUT2D eigenvalue weighted by molar-refractivity contribution is 5.76. The molecule has 1 amide bonds. The van der Waals surface area contributed by atoms with Gasteiger partial charge in [0.15, 0.2) is 11.5 Å². The number of likely N-dealkylation sites (tertiary alicyclic amines) is 1. The van der Waals surface area contributed by atoms with Crippen molar-refractivity contribution in [1.29, 1.82) is 0 Å². The van der Waals surface area contributed by atoms with Crippen LogP contribution >= 0.6 is 0 Å². The van der Waals surface area contributed by atoms with Gasteiger partial charge in [0.25, 0.3) is 0 Å². The molecule has 0 saturated carbocycles. The number of piperazine rings is 1. The average molecular weight is 440 g/mol. The number of hydrogen-bond donors (Lipinski definition) is 0. The summed E-state index contributed by atoms with van der Waals surface area (Å²) in [5.41, 5.74) is 2.40. The molecule has 32 heavy (non-hydrogen) atoms. The Balaban J connectivity index is 1.08. The van der Waals surface area contributed by atoms with Crippen molar-refractivity contribution in [3.05, 3.63) is 41.7 Å². The van der Waals surface area contributed by atoms with E-state index in [0.29, 0.717) is 19.3 Å². The third-order valence-corrected chi connectivity index (χ3v) is 6.90. The summed E-state index contributed by atoms with van der Waals surface area (Å²) in [7, 11) is 1.91. The Morgan fingerprint density at radius 1 is 1.09 bits per heavy atom. The first kappa shape index (κ1) is 21.3. The van der Waals surface area contributed by atoms with Gasteiger partial charge in [0, 0.05) is 71.5 Å². The molecule has 0 unspecified atom stereocenters. The first-order chi connectivity index (χ1) is 15.6. The first-order valence-corrected chi connectivity index (χ1v) is 11.7. The van der Waals surface area contributed by atoms with Gasteiger partial charge in [-0.25, -0.2) is 0 Å². The summed E-state index contributed by atoms with van der Waals surface area (Å²) in [5.74, 6) is 1.98. The van der Waals surface area contributed by atoms with Crippen molar-refractivity contribution >= 4 is 5.91 Å². The largest absolute Gasteiger partial charge is 0.454 e. The number of fused-ring (bicyclic) bond motifs is 1. The van der Waals surface area contributed by atoms with Gasteiger partial charge in [-0.2, -0.15) is 5.10 Å². The van der Waals surface area contributed by atoms with Crippen molar-refractivity contribution in [3.63, 3.8) is 0 Å². The number of rotatable bonds is 6. The molecule has 0 spiro atoms. The van der Waals surface area contributed by atoms with Crippen LogP contribution in [-0.4, -0.2) is 82.5 Å². The summed E-state index contributed by atoms with van der Waals surface area (Å²) in [6.07, 6.45) is 7.48. The number of nitrogens with zero attached hydrogens (tertiary/aromatic N) is 5. The SMILES string of the molecule is Cn1cc(CCC(=O)N2CCC[C@H](N3CCN(Cc4ccc5c(c4)OCO5)CC3)C2)cn1. The summed E-state index contributed by atoms with van der Waals surface area (Å²) >= 11 is 0. The maximum Gasteiger partial charge on any atom is 0.231 e. The predicted octanol–water partition coefficient (Wildman–Crippen LogP) is 1.89. The Bertz CT molecular complexity index is 937. The van der Waals surface area contributed by atoms with Crippen LogP contribution in [0.15, 0.2) is 30.6 Å². The number of aromatic nitrogens is 2.